The molecule has 5 N–H and O–H groups in total. The molecule has 0 radical (unpaired) electrons. The van der Waals surface area contributed by atoms with E-state index < -0.39 is 17.9 Å². The van der Waals surface area contributed by atoms with Gasteiger partial charge in [-0.15, -0.1) is 0 Å². The topological polar surface area (TPSA) is 111 Å². The van der Waals surface area contributed by atoms with E-state index >= 15 is 0 Å². The molecular weight excluding hydrogens is 172 g/mol. The van der Waals surface area contributed by atoms with E-state index in [0.717, 1.165) is 0 Å². The molecule has 6 nitrogen and oxygen atoms in total. The summed E-state index contributed by atoms with van der Waals surface area (Å²) in [5.74, 6) is -1.24. The van der Waals surface area contributed by atoms with Gasteiger partial charge < -0.3 is 11.5 Å². The van der Waals surface area contributed by atoms with Crippen molar-refractivity contribution in [3.63, 3.8) is 0 Å². The Morgan fingerprint density at radius 3 is 2.77 bits per heavy atom. The number of nitrogens with zero attached hydrogens (tertiary/aromatic N) is 1. The number of hydrogen-bond acceptors (Lipinski definition) is 4. The van der Waals surface area contributed by atoms with Crippen molar-refractivity contribution in [3.8, 4) is 0 Å². The minimum atomic E-state index is -0.690. The fourth-order valence-corrected chi connectivity index (χ4v) is 0.912. The van der Waals surface area contributed by atoms with Crippen LogP contribution in [0.1, 0.15) is 0 Å². The lowest BCUT2D eigenvalue weighted by molar-refractivity contribution is -0.118. The van der Waals surface area contributed by atoms with Crippen molar-refractivity contribution in [2.24, 2.45) is 16.5 Å². The van der Waals surface area contributed by atoms with Crippen LogP contribution in [-0.4, -0.2) is 30.6 Å². The number of nitrogens with one attached hydrogen (secondary N) is 1. The zero-order chi connectivity index (χ0) is 9.84. The highest BCUT2D eigenvalue weighted by molar-refractivity contribution is 5.95. The first-order chi connectivity index (χ1) is 6.11. The van der Waals surface area contributed by atoms with Crippen LogP contribution in [0.5, 0.6) is 0 Å². The standard InChI is InChI=1S/C7H10N4O2/c8-6(12)4-3-5(7(9)13)11-2-1-10-4/h1,3,5,11H,2H2,(H2,8,12)(H2,9,13). The summed E-state index contributed by atoms with van der Waals surface area (Å²) in [5.41, 5.74) is 10.1. The molecule has 0 aromatic rings. The van der Waals surface area contributed by atoms with Gasteiger partial charge in [-0.05, 0) is 6.08 Å². The van der Waals surface area contributed by atoms with E-state index in [2.05, 4.69) is 10.3 Å². The molecule has 13 heavy (non-hydrogen) atoms. The van der Waals surface area contributed by atoms with Crippen LogP contribution in [0.4, 0.5) is 0 Å². The highest BCUT2D eigenvalue weighted by Crippen LogP contribution is 2.00. The lowest BCUT2D eigenvalue weighted by Crippen LogP contribution is -2.40. The average molecular weight is 182 g/mol. The zero-order valence-electron chi connectivity index (χ0n) is 6.86. The minimum absolute atomic E-state index is 0.0498. The molecular formula is C7H10N4O2. The van der Waals surface area contributed by atoms with Crippen LogP contribution in [0.3, 0.4) is 0 Å². The SMILES string of the molecule is NC(=O)C1=CC(C(N)=O)NCC=N1. The number of aliphatic imine (C=N–C) groups is 1. The summed E-state index contributed by atoms with van der Waals surface area (Å²) in [6.07, 6.45) is 2.77. The van der Waals surface area contributed by atoms with Gasteiger partial charge in [-0.3, -0.25) is 19.9 Å². The molecule has 0 bridgehead atoms. The van der Waals surface area contributed by atoms with Gasteiger partial charge in [0.1, 0.15) is 11.7 Å². The Labute approximate surface area is 74.7 Å². The van der Waals surface area contributed by atoms with Gasteiger partial charge in [0.15, 0.2) is 0 Å². The second kappa shape index (κ2) is 3.81. The first-order valence-corrected chi connectivity index (χ1v) is 3.68. The second-order valence-electron chi connectivity index (χ2n) is 2.52. The molecule has 0 spiro atoms. The van der Waals surface area contributed by atoms with Crippen LogP contribution in [0.15, 0.2) is 16.8 Å². The van der Waals surface area contributed by atoms with Crippen molar-refractivity contribution in [1.82, 2.24) is 5.32 Å². The molecule has 1 aliphatic heterocycles. The summed E-state index contributed by atoms with van der Waals surface area (Å²) in [6, 6.07) is -0.690. The number of primary amides is 2. The maximum Gasteiger partial charge on any atom is 0.267 e. The smallest absolute Gasteiger partial charge is 0.267 e. The second-order valence-corrected chi connectivity index (χ2v) is 2.52. The van der Waals surface area contributed by atoms with E-state index in [0.29, 0.717) is 6.54 Å². The van der Waals surface area contributed by atoms with Gasteiger partial charge in [-0.25, -0.2) is 0 Å². The molecule has 6 heteroatoms. The third-order valence-electron chi connectivity index (χ3n) is 1.54. The Morgan fingerprint density at radius 1 is 1.54 bits per heavy atom. The Bertz CT molecular complexity index is 295. The van der Waals surface area contributed by atoms with Gasteiger partial charge in [0.25, 0.3) is 5.91 Å². The van der Waals surface area contributed by atoms with Crippen LogP contribution in [0.25, 0.3) is 0 Å². The van der Waals surface area contributed by atoms with Crippen LogP contribution >= 0.6 is 0 Å². The number of nitrogens with two attached hydrogens (primary N) is 2. The number of rotatable bonds is 2. The van der Waals surface area contributed by atoms with Gasteiger partial charge in [0.05, 0.1) is 0 Å². The molecule has 0 aromatic heterocycles. The fraction of sp³-hybridized carbons (Fsp3) is 0.286. The van der Waals surface area contributed by atoms with Gasteiger partial charge in [-0.1, -0.05) is 0 Å². The van der Waals surface area contributed by atoms with Crippen molar-refractivity contribution >= 4 is 18.0 Å². The quantitative estimate of drug-likeness (QED) is 0.454. The number of carbonyl (C=O) groups is 2. The molecule has 0 saturated carbocycles. The summed E-state index contributed by atoms with van der Waals surface area (Å²) in [7, 11) is 0. The number of amides is 2. The molecule has 1 rings (SSSR count). The van der Waals surface area contributed by atoms with E-state index in [-0.39, 0.29) is 5.70 Å². The normalized spacial score (nSPS) is 21.8. The van der Waals surface area contributed by atoms with Crippen molar-refractivity contribution in [1.29, 1.82) is 0 Å². The molecule has 2 amide bonds. The molecule has 0 aromatic carbocycles. The lowest BCUT2D eigenvalue weighted by atomic mass is 10.2. The van der Waals surface area contributed by atoms with E-state index in [1.165, 1.54) is 12.3 Å². The predicted octanol–water partition coefficient (Wildman–Crippen LogP) is -2.12. The third kappa shape index (κ3) is 2.38. The maximum absolute atomic E-state index is 10.8. The fourth-order valence-electron chi connectivity index (χ4n) is 0.912. The van der Waals surface area contributed by atoms with Gasteiger partial charge >= 0.3 is 0 Å². The van der Waals surface area contributed by atoms with E-state index in [4.69, 9.17) is 11.5 Å². The molecule has 0 aliphatic carbocycles. The highest BCUT2D eigenvalue weighted by atomic mass is 16.2. The first-order valence-electron chi connectivity index (χ1n) is 3.68. The Balaban J connectivity index is 2.89. The molecule has 1 unspecified atom stereocenters. The number of hydrogen-bond donors (Lipinski definition) is 3. The van der Waals surface area contributed by atoms with Crippen LogP contribution < -0.4 is 16.8 Å². The largest absolute Gasteiger partial charge is 0.368 e. The van der Waals surface area contributed by atoms with Gasteiger partial charge in [-0.2, -0.15) is 0 Å². The van der Waals surface area contributed by atoms with Gasteiger partial charge in [0.2, 0.25) is 5.91 Å². The van der Waals surface area contributed by atoms with Crippen LogP contribution in [0, 0.1) is 0 Å². The first kappa shape index (κ1) is 9.40. The monoisotopic (exact) mass is 182 g/mol. The van der Waals surface area contributed by atoms with Crippen molar-refractivity contribution in [3.05, 3.63) is 11.8 Å². The summed E-state index contributed by atoms with van der Waals surface area (Å²) in [5, 5.41) is 2.76. The minimum Gasteiger partial charge on any atom is -0.368 e. The number of carbonyl (C=O) groups excluding carboxylic acids is 2. The molecule has 1 heterocycles. The summed E-state index contributed by atoms with van der Waals surface area (Å²) in [4.78, 5) is 25.3. The van der Waals surface area contributed by atoms with Crippen molar-refractivity contribution in [2.75, 3.05) is 6.54 Å². The van der Waals surface area contributed by atoms with Crippen molar-refractivity contribution < 1.29 is 9.59 Å². The predicted molar refractivity (Wildman–Crippen MR) is 46.8 cm³/mol. The average Bonchev–Trinajstić information content (AvgIpc) is 2.28. The van der Waals surface area contributed by atoms with Crippen molar-refractivity contribution in [2.45, 2.75) is 6.04 Å². The van der Waals surface area contributed by atoms with Crippen LogP contribution in [0.2, 0.25) is 0 Å². The van der Waals surface area contributed by atoms with E-state index in [1.807, 2.05) is 0 Å². The van der Waals surface area contributed by atoms with Gasteiger partial charge in [0, 0.05) is 12.8 Å². The summed E-state index contributed by atoms with van der Waals surface area (Å²) in [6.45, 7) is 0.376. The molecule has 70 valence electrons. The Hall–Kier alpha value is -1.69. The molecule has 1 aliphatic rings. The molecule has 0 fully saturated rings. The summed E-state index contributed by atoms with van der Waals surface area (Å²) < 4.78 is 0. The van der Waals surface area contributed by atoms with E-state index in [9.17, 15) is 9.59 Å². The Morgan fingerprint density at radius 2 is 2.23 bits per heavy atom. The third-order valence-corrected chi connectivity index (χ3v) is 1.54. The highest BCUT2D eigenvalue weighted by Gasteiger charge is 2.16. The molecule has 0 saturated heterocycles. The summed E-state index contributed by atoms with van der Waals surface area (Å²) >= 11 is 0. The van der Waals surface area contributed by atoms with Crippen LogP contribution in [-0.2, 0) is 9.59 Å². The molecule has 1 atom stereocenters. The Kier molecular flexibility index (Phi) is 2.76. The van der Waals surface area contributed by atoms with E-state index in [1.54, 1.807) is 0 Å². The zero-order valence-corrected chi connectivity index (χ0v) is 6.86. The lowest BCUT2D eigenvalue weighted by Gasteiger charge is -2.06. The maximum atomic E-state index is 10.8.